The van der Waals surface area contributed by atoms with Crippen LogP contribution in [0.1, 0.15) is 33.2 Å². The minimum atomic E-state index is -0.0449. The smallest absolute Gasteiger partial charge is 0.253 e. The lowest BCUT2D eigenvalue weighted by molar-refractivity contribution is 0.0746. The molecule has 4 aromatic rings. The summed E-state index contributed by atoms with van der Waals surface area (Å²) < 4.78 is 6.82. The average Bonchev–Trinajstić information content (AvgIpc) is 3.34. The number of anilines is 1. The van der Waals surface area contributed by atoms with E-state index in [1.165, 1.54) is 0 Å². The molecule has 7 heteroatoms. The number of benzene rings is 3. The van der Waals surface area contributed by atoms with E-state index in [9.17, 15) is 9.59 Å². The lowest BCUT2D eigenvalue weighted by Gasteiger charge is -2.34. The van der Waals surface area contributed by atoms with Gasteiger partial charge in [-0.15, -0.1) is 0 Å². The van der Waals surface area contributed by atoms with E-state index in [2.05, 4.69) is 11.0 Å². The highest BCUT2D eigenvalue weighted by atomic mass is 32.1. The Hall–Kier alpha value is -3.71. The van der Waals surface area contributed by atoms with Crippen LogP contribution in [0.2, 0.25) is 0 Å². The number of ketones is 1. The highest BCUT2D eigenvalue weighted by Gasteiger charge is 2.24. The lowest BCUT2D eigenvalue weighted by Crippen LogP contribution is -2.48. The van der Waals surface area contributed by atoms with Crippen molar-refractivity contribution in [2.45, 2.75) is 6.92 Å². The largest absolute Gasteiger partial charge is 0.492 e. The monoisotopic (exact) mass is 471 g/mol. The summed E-state index contributed by atoms with van der Waals surface area (Å²) >= 11 is 1.65. The van der Waals surface area contributed by atoms with E-state index in [0.29, 0.717) is 36.4 Å². The van der Waals surface area contributed by atoms with Crippen molar-refractivity contribution < 1.29 is 14.3 Å². The molecule has 0 unspecified atom stereocenters. The number of ether oxygens (including phenoxy) is 1. The van der Waals surface area contributed by atoms with Crippen LogP contribution in [0.15, 0.2) is 72.8 Å². The second-order valence-electron chi connectivity index (χ2n) is 8.08. The molecular formula is C27H25N3O3S. The van der Waals surface area contributed by atoms with Crippen LogP contribution in [-0.4, -0.2) is 54.4 Å². The molecule has 0 bridgehead atoms. The van der Waals surface area contributed by atoms with Gasteiger partial charge in [0.15, 0.2) is 10.9 Å². The number of thiazole rings is 1. The first-order valence-corrected chi connectivity index (χ1v) is 12.2. The third-order valence-corrected chi connectivity index (χ3v) is 7.02. The lowest BCUT2D eigenvalue weighted by atomic mass is 10.0. The van der Waals surface area contributed by atoms with Gasteiger partial charge in [0, 0.05) is 42.9 Å². The topological polar surface area (TPSA) is 62.7 Å². The van der Waals surface area contributed by atoms with Crippen molar-refractivity contribution in [1.82, 2.24) is 9.88 Å². The maximum absolute atomic E-state index is 13.0. The van der Waals surface area contributed by atoms with Crippen molar-refractivity contribution in [1.29, 1.82) is 0 Å². The van der Waals surface area contributed by atoms with E-state index in [1.807, 2.05) is 42.2 Å². The SMILES string of the molecule is CCOc1cccc2sc(N3CCN(C(=O)c4ccc(C(=O)c5ccccc5)cc4)CC3)nc12. The van der Waals surface area contributed by atoms with Gasteiger partial charge in [-0.2, -0.15) is 0 Å². The molecule has 3 aromatic carbocycles. The fourth-order valence-corrected chi connectivity index (χ4v) is 5.16. The zero-order valence-electron chi connectivity index (χ0n) is 18.9. The van der Waals surface area contributed by atoms with E-state index >= 15 is 0 Å². The molecule has 6 nitrogen and oxygen atoms in total. The molecule has 1 amide bonds. The molecule has 0 N–H and O–H groups in total. The van der Waals surface area contributed by atoms with Crippen LogP contribution in [-0.2, 0) is 0 Å². The Kier molecular flexibility index (Phi) is 6.27. The summed E-state index contributed by atoms with van der Waals surface area (Å²) in [7, 11) is 0. The molecule has 34 heavy (non-hydrogen) atoms. The highest BCUT2D eigenvalue weighted by molar-refractivity contribution is 7.22. The Morgan fingerprint density at radius 3 is 2.24 bits per heavy atom. The van der Waals surface area contributed by atoms with Gasteiger partial charge < -0.3 is 14.5 Å². The first kappa shape index (κ1) is 22.1. The van der Waals surface area contributed by atoms with Crippen LogP contribution >= 0.6 is 11.3 Å². The number of hydrogen-bond acceptors (Lipinski definition) is 6. The number of aromatic nitrogens is 1. The zero-order valence-corrected chi connectivity index (χ0v) is 19.8. The summed E-state index contributed by atoms with van der Waals surface area (Å²) in [6, 6.07) is 22.1. The fourth-order valence-electron chi connectivity index (χ4n) is 4.12. The zero-order chi connectivity index (χ0) is 23.5. The maximum Gasteiger partial charge on any atom is 0.253 e. The maximum atomic E-state index is 13.0. The quantitative estimate of drug-likeness (QED) is 0.375. The molecule has 0 radical (unpaired) electrons. The van der Waals surface area contributed by atoms with Crippen LogP contribution in [0.4, 0.5) is 5.13 Å². The third-order valence-electron chi connectivity index (χ3n) is 5.94. The Labute approximate surface area is 202 Å². The molecule has 1 fully saturated rings. The number of rotatable bonds is 6. The van der Waals surface area contributed by atoms with Crippen LogP contribution in [0.25, 0.3) is 10.2 Å². The number of nitrogens with zero attached hydrogens (tertiary/aromatic N) is 3. The highest BCUT2D eigenvalue weighted by Crippen LogP contribution is 2.34. The summed E-state index contributed by atoms with van der Waals surface area (Å²) in [5.74, 6) is 0.753. The van der Waals surface area contributed by atoms with Gasteiger partial charge in [0.1, 0.15) is 11.3 Å². The van der Waals surface area contributed by atoms with Gasteiger partial charge >= 0.3 is 0 Å². The standard InChI is InChI=1S/C27H25N3O3S/c1-2-33-22-9-6-10-23-24(22)28-27(34-23)30-17-15-29(16-18-30)26(32)21-13-11-20(12-14-21)25(31)19-7-4-3-5-8-19/h3-14H,2,15-18H2,1H3. The van der Waals surface area contributed by atoms with Crippen molar-refractivity contribution in [3.8, 4) is 5.75 Å². The van der Waals surface area contributed by atoms with E-state index in [0.717, 1.165) is 34.2 Å². The molecule has 1 aliphatic rings. The predicted octanol–water partition coefficient (Wildman–Crippen LogP) is 4.89. The minimum absolute atomic E-state index is 0.0127. The number of fused-ring (bicyclic) bond motifs is 1. The first-order chi connectivity index (χ1) is 16.6. The number of para-hydroxylation sites is 1. The average molecular weight is 472 g/mol. The number of amides is 1. The van der Waals surface area contributed by atoms with Gasteiger partial charge in [-0.3, -0.25) is 9.59 Å². The second-order valence-corrected chi connectivity index (χ2v) is 9.09. The summed E-state index contributed by atoms with van der Waals surface area (Å²) in [5, 5.41) is 0.957. The van der Waals surface area contributed by atoms with Gasteiger partial charge in [0.25, 0.3) is 5.91 Å². The van der Waals surface area contributed by atoms with Gasteiger partial charge in [-0.25, -0.2) is 4.98 Å². The van der Waals surface area contributed by atoms with E-state index in [4.69, 9.17) is 9.72 Å². The first-order valence-electron chi connectivity index (χ1n) is 11.4. The predicted molar refractivity (Wildman–Crippen MR) is 135 cm³/mol. The Morgan fingerprint density at radius 2 is 1.53 bits per heavy atom. The summed E-state index contributed by atoms with van der Waals surface area (Å²) in [6.07, 6.45) is 0. The number of carbonyl (C=O) groups is 2. The molecule has 2 heterocycles. The van der Waals surface area contributed by atoms with Gasteiger partial charge in [0.05, 0.1) is 11.3 Å². The molecule has 0 aliphatic carbocycles. The molecule has 1 aromatic heterocycles. The Bertz CT molecular complexity index is 1310. The molecule has 0 saturated carbocycles. The molecule has 0 atom stereocenters. The van der Waals surface area contributed by atoms with Crippen molar-refractivity contribution in [3.05, 3.63) is 89.5 Å². The van der Waals surface area contributed by atoms with Crippen molar-refractivity contribution in [2.75, 3.05) is 37.7 Å². The van der Waals surface area contributed by atoms with Crippen LogP contribution in [0.3, 0.4) is 0 Å². The Morgan fingerprint density at radius 1 is 0.853 bits per heavy atom. The number of hydrogen-bond donors (Lipinski definition) is 0. The van der Waals surface area contributed by atoms with Crippen LogP contribution < -0.4 is 9.64 Å². The molecule has 0 spiro atoms. The van der Waals surface area contributed by atoms with Crippen molar-refractivity contribution in [3.63, 3.8) is 0 Å². The molecular weight excluding hydrogens is 446 g/mol. The van der Waals surface area contributed by atoms with Crippen LogP contribution in [0.5, 0.6) is 5.75 Å². The third kappa shape index (κ3) is 4.39. The summed E-state index contributed by atoms with van der Waals surface area (Å²) in [6.45, 7) is 5.26. The fraction of sp³-hybridized carbons (Fsp3) is 0.222. The summed E-state index contributed by atoms with van der Waals surface area (Å²) in [4.78, 5) is 34.6. The molecule has 5 rings (SSSR count). The van der Waals surface area contributed by atoms with Gasteiger partial charge in [-0.1, -0.05) is 59.9 Å². The number of carbonyl (C=O) groups excluding carboxylic acids is 2. The van der Waals surface area contributed by atoms with E-state index < -0.39 is 0 Å². The number of piperazine rings is 1. The molecule has 172 valence electrons. The van der Waals surface area contributed by atoms with Gasteiger partial charge in [-0.05, 0) is 31.2 Å². The molecule has 1 saturated heterocycles. The molecule has 1 aliphatic heterocycles. The summed E-state index contributed by atoms with van der Waals surface area (Å²) in [5.41, 5.74) is 2.71. The van der Waals surface area contributed by atoms with Gasteiger partial charge in [0.2, 0.25) is 0 Å². The minimum Gasteiger partial charge on any atom is -0.492 e. The van der Waals surface area contributed by atoms with Crippen molar-refractivity contribution in [2.24, 2.45) is 0 Å². The second kappa shape index (κ2) is 9.65. The van der Waals surface area contributed by atoms with E-state index in [-0.39, 0.29) is 11.7 Å². The Balaban J connectivity index is 1.23. The van der Waals surface area contributed by atoms with E-state index in [1.54, 1.807) is 47.7 Å². The van der Waals surface area contributed by atoms with Crippen LogP contribution in [0, 0.1) is 0 Å². The normalized spacial score (nSPS) is 13.8. The van der Waals surface area contributed by atoms with Crippen molar-refractivity contribution >= 4 is 38.4 Å².